The monoisotopic (exact) mass is 198 g/mol. The molecule has 0 aliphatic rings. The maximum absolute atomic E-state index is 5.51. The second-order valence-electron chi connectivity index (χ2n) is 2.66. The standard InChI is InChI=1S/C10H13ClNO/c11-6-1-7-13-10-4-2-9(8-12)3-5-10/h2-4H,1,6-8,12H2. The summed E-state index contributed by atoms with van der Waals surface area (Å²) in [6.45, 7) is 1.18. The van der Waals surface area contributed by atoms with Gasteiger partial charge >= 0.3 is 0 Å². The summed E-state index contributed by atoms with van der Waals surface area (Å²) in [5.41, 5.74) is 6.50. The number of ether oxygens (including phenoxy) is 1. The fourth-order valence-electron chi connectivity index (χ4n) is 0.896. The van der Waals surface area contributed by atoms with Crippen LogP contribution in [0.25, 0.3) is 0 Å². The highest BCUT2D eigenvalue weighted by Crippen LogP contribution is 2.10. The van der Waals surface area contributed by atoms with Crippen LogP contribution in [0.1, 0.15) is 12.0 Å². The Labute approximate surface area is 83.6 Å². The van der Waals surface area contributed by atoms with Crippen molar-refractivity contribution < 1.29 is 4.74 Å². The number of halogens is 1. The van der Waals surface area contributed by atoms with Crippen LogP contribution in [0.5, 0.6) is 5.75 Å². The van der Waals surface area contributed by atoms with Gasteiger partial charge in [0, 0.05) is 18.5 Å². The van der Waals surface area contributed by atoms with Crippen LogP contribution in [0.4, 0.5) is 0 Å². The van der Waals surface area contributed by atoms with E-state index < -0.39 is 0 Å². The van der Waals surface area contributed by atoms with Gasteiger partial charge in [0.2, 0.25) is 0 Å². The molecule has 71 valence electrons. The lowest BCUT2D eigenvalue weighted by atomic mass is 10.2. The van der Waals surface area contributed by atoms with E-state index in [1.807, 2.05) is 18.2 Å². The summed E-state index contributed by atoms with van der Waals surface area (Å²) in [6, 6.07) is 8.65. The topological polar surface area (TPSA) is 35.2 Å². The highest BCUT2D eigenvalue weighted by Gasteiger charge is 1.93. The van der Waals surface area contributed by atoms with Crippen LogP contribution >= 0.6 is 11.6 Å². The van der Waals surface area contributed by atoms with E-state index in [1.54, 1.807) is 0 Å². The summed E-state index contributed by atoms with van der Waals surface area (Å²) >= 11 is 5.51. The molecule has 0 heterocycles. The van der Waals surface area contributed by atoms with Crippen LogP contribution in [0.3, 0.4) is 0 Å². The van der Waals surface area contributed by atoms with E-state index in [-0.39, 0.29) is 0 Å². The average molecular weight is 199 g/mol. The van der Waals surface area contributed by atoms with E-state index in [0.717, 1.165) is 17.7 Å². The fourth-order valence-corrected chi connectivity index (χ4v) is 1.01. The minimum absolute atomic E-state index is 0.540. The Morgan fingerprint density at radius 2 is 2.31 bits per heavy atom. The van der Waals surface area contributed by atoms with E-state index in [0.29, 0.717) is 19.0 Å². The van der Waals surface area contributed by atoms with Gasteiger partial charge in [-0.25, -0.2) is 0 Å². The molecule has 0 aliphatic carbocycles. The van der Waals surface area contributed by atoms with Crippen molar-refractivity contribution in [3.05, 3.63) is 29.8 Å². The minimum Gasteiger partial charge on any atom is -0.493 e. The van der Waals surface area contributed by atoms with Crippen LogP contribution in [-0.4, -0.2) is 12.5 Å². The molecule has 0 aliphatic heterocycles. The molecule has 1 rings (SSSR count). The van der Waals surface area contributed by atoms with E-state index in [9.17, 15) is 0 Å². The Kier molecular flexibility index (Phi) is 4.65. The first-order valence-corrected chi connectivity index (χ1v) is 4.79. The molecular weight excluding hydrogens is 186 g/mol. The van der Waals surface area contributed by atoms with Gasteiger partial charge < -0.3 is 10.5 Å². The van der Waals surface area contributed by atoms with Crippen molar-refractivity contribution in [2.45, 2.75) is 13.0 Å². The van der Waals surface area contributed by atoms with E-state index in [4.69, 9.17) is 22.1 Å². The summed E-state index contributed by atoms with van der Waals surface area (Å²) in [7, 11) is 0. The number of nitrogens with two attached hydrogens (primary N) is 1. The number of hydrogen-bond acceptors (Lipinski definition) is 2. The second kappa shape index (κ2) is 5.84. The van der Waals surface area contributed by atoms with Gasteiger partial charge in [0.15, 0.2) is 0 Å². The molecule has 0 atom stereocenters. The molecule has 0 amide bonds. The normalized spacial score (nSPS) is 10.0. The molecule has 0 aromatic heterocycles. The van der Waals surface area contributed by atoms with Crippen LogP contribution in [0.15, 0.2) is 18.2 Å². The van der Waals surface area contributed by atoms with Crippen LogP contribution in [0.2, 0.25) is 0 Å². The summed E-state index contributed by atoms with van der Waals surface area (Å²) in [4.78, 5) is 0. The van der Waals surface area contributed by atoms with Crippen molar-refractivity contribution in [2.24, 2.45) is 5.73 Å². The zero-order valence-corrected chi connectivity index (χ0v) is 8.18. The lowest BCUT2D eigenvalue weighted by Crippen LogP contribution is -1.99. The highest BCUT2D eigenvalue weighted by molar-refractivity contribution is 6.17. The highest BCUT2D eigenvalue weighted by atomic mass is 35.5. The minimum atomic E-state index is 0.540. The number of benzene rings is 1. The Hall–Kier alpha value is -0.730. The summed E-state index contributed by atoms with van der Waals surface area (Å²) in [5.74, 6) is 1.38. The van der Waals surface area contributed by atoms with Crippen molar-refractivity contribution in [2.75, 3.05) is 12.5 Å². The van der Waals surface area contributed by atoms with Crippen LogP contribution in [-0.2, 0) is 6.54 Å². The molecule has 1 aromatic rings. The van der Waals surface area contributed by atoms with Gasteiger partial charge in [0.25, 0.3) is 0 Å². The molecule has 2 nitrogen and oxygen atoms in total. The van der Waals surface area contributed by atoms with Crippen LogP contribution in [0, 0.1) is 6.07 Å². The number of hydrogen-bond donors (Lipinski definition) is 1. The van der Waals surface area contributed by atoms with E-state index in [2.05, 4.69) is 6.07 Å². The van der Waals surface area contributed by atoms with Crippen molar-refractivity contribution in [3.63, 3.8) is 0 Å². The summed E-state index contributed by atoms with van der Waals surface area (Å²) in [6.07, 6.45) is 0.855. The zero-order valence-electron chi connectivity index (χ0n) is 7.42. The molecule has 1 radical (unpaired) electrons. The quantitative estimate of drug-likeness (QED) is 0.580. The molecule has 1 aromatic carbocycles. The van der Waals surface area contributed by atoms with Crippen molar-refractivity contribution in [3.8, 4) is 5.75 Å². The number of alkyl halides is 1. The van der Waals surface area contributed by atoms with Crippen molar-refractivity contribution in [1.82, 2.24) is 0 Å². The van der Waals surface area contributed by atoms with Gasteiger partial charge in [-0.15, -0.1) is 11.6 Å². The molecular formula is C10H13ClNO. The molecule has 0 saturated carbocycles. The fraction of sp³-hybridized carbons (Fsp3) is 0.400. The molecule has 0 fully saturated rings. The Balaban J connectivity index is 2.40. The SMILES string of the molecule is NCc1c[c]c(OCCCCl)cc1. The van der Waals surface area contributed by atoms with Gasteiger partial charge in [-0.1, -0.05) is 6.07 Å². The zero-order chi connectivity index (χ0) is 9.52. The molecule has 0 saturated heterocycles. The smallest absolute Gasteiger partial charge is 0.127 e. The third-order valence-electron chi connectivity index (χ3n) is 1.62. The van der Waals surface area contributed by atoms with Crippen molar-refractivity contribution in [1.29, 1.82) is 0 Å². The lowest BCUT2D eigenvalue weighted by Gasteiger charge is -2.04. The third kappa shape index (κ3) is 3.66. The van der Waals surface area contributed by atoms with E-state index in [1.165, 1.54) is 0 Å². The Bertz CT molecular complexity index is 235. The van der Waals surface area contributed by atoms with Gasteiger partial charge in [0.1, 0.15) is 5.75 Å². The largest absolute Gasteiger partial charge is 0.493 e. The van der Waals surface area contributed by atoms with Gasteiger partial charge in [0.05, 0.1) is 6.61 Å². The second-order valence-corrected chi connectivity index (χ2v) is 3.03. The lowest BCUT2D eigenvalue weighted by molar-refractivity contribution is 0.317. The average Bonchev–Trinajstić information content (AvgIpc) is 2.19. The first kappa shape index (κ1) is 10.4. The first-order valence-electron chi connectivity index (χ1n) is 4.26. The first-order chi connectivity index (χ1) is 6.36. The van der Waals surface area contributed by atoms with Gasteiger partial charge in [-0.3, -0.25) is 0 Å². The van der Waals surface area contributed by atoms with E-state index >= 15 is 0 Å². The molecule has 13 heavy (non-hydrogen) atoms. The Morgan fingerprint density at radius 1 is 1.46 bits per heavy atom. The van der Waals surface area contributed by atoms with Crippen LogP contribution < -0.4 is 10.5 Å². The summed E-state index contributed by atoms with van der Waals surface area (Å²) in [5, 5.41) is 0. The number of rotatable bonds is 5. The molecule has 3 heteroatoms. The maximum atomic E-state index is 5.51. The van der Waals surface area contributed by atoms with Crippen molar-refractivity contribution >= 4 is 11.6 Å². The third-order valence-corrected chi connectivity index (χ3v) is 1.89. The van der Waals surface area contributed by atoms with Gasteiger partial charge in [-0.05, 0) is 24.1 Å². The predicted molar refractivity (Wildman–Crippen MR) is 54.0 cm³/mol. The molecule has 0 unspecified atom stereocenters. The molecule has 0 bridgehead atoms. The maximum Gasteiger partial charge on any atom is 0.127 e. The summed E-state index contributed by atoms with van der Waals surface area (Å²) < 4.78 is 5.37. The molecule has 2 N–H and O–H groups in total. The molecule has 0 spiro atoms. The van der Waals surface area contributed by atoms with Gasteiger partial charge in [-0.2, -0.15) is 0 Å². The predicted octanol–water partition coefficient (Wildman–Crippen LogP) is 1.95. The Morgan fingerprint density at radius 3 is 2.85 bits per heavy atom.